The summed E-state index contributed by atoms with van der Waals surface area (Å²) >= 11 is 0. The predicted octanol–water partition coefficient (Wildman–Crippen LogP) is 2.27. The summed E-state index contributed by atoms with van der Waals surface area (Å²) < 4.78 is 0. The van der Waals surface area contributed by atoms with Gasteiger partial charge in [0.2, 0.25) is 0 Å². The second-order valence-corrected chi connectivity index (χ2v) is 6.09. The van der Waals surface area contributed by atoms with E-state index in [1.807, 2.05) is 0 Å². The first-order valence-electron chi connectivity index (χ1n) is 6.24. The van der Waals surface area contributed by atoms with Crippen LogP contribution >= 0.6 is 0 Å². The fourth-order valence-corrected chi connectivity index (χ4v) is 2.66. The van der Waals surface area contributed by atoms with Crippen molar-refractivity contribution in [2.24, 2.45) is 11.3 Å². The Morgan fingerprint density at radius 2 is 2.00 bits per heavy atom. The Labute approximate surface area is 104 Å². The van der Waals surface area contributed by atoms with Crippen molar-refractivity contribution in [3.05, 3.63) is 0 Å². The van der Waals surface area contributed by atoms with Crippen molar-refractivity contribution in [3.8, 4) is 12.3 Å². The molecule has 3 heteroatoms. The molecule has 3 nitrogen and oxygen atoms in total. The van der Waals surface area contributed by atoms with Crippen LogP contribution in [-0.2, 0) is 4.79 Å². The molecule has 0 aliphatic heterocycles. The number of hydrogen-bond acceptors (Lipinski definition) is 2. The van der Waals surface area contributed by atoms with Gasteiger partial charge < -0.3 is 5.11 Å². The summed E-state index contributed by atoms with van der Waals surface area (Å²) in [6.07, 6.45) is 8.44. The lowest BCUT2D eigenvalue weighted by Crippen LogP contribution is -2.55. The molecule has 0 radical (unpaired) electrons. The second-order valence-electron chi connectivity index (χ2n) is 6.09. The molecule has 96 valence electrons. The highest BCUT2D eigenvalue weighted by atomic mass is 16.4. The summed E-state index contributed by atoms with van der Waals surface area (Å²) in [5.74, 6) is 2.30. The molecule has 0 bridgehead atoms. The van der Waals surface area contributed by atoms with Crippen LogP contribution in [0.3, 0.4) is 0 Å². The minimum Gasteiger partial charge on any atom is -0.480 e. The molecule has 1 aliphatic rings. The molecular weight excluding hydrogens is 214 g/mol. The van der Waals surface area contributed by atoms with Gasteiger partial charge in [0.15, 0.2) is 0 Å². The summed E-state index contributed by atoms with van der Waals surface area (Å²) in [7, 11) is 0. The number of carboxylic acid groups (broad SMARTS) is 1. The maximum Gasteiger partial charge on any atom is 0.323 e. The summed E-state index contributed by atoms with van der Waals surface area (Å²) in [5.41, 5.74) is -0.537. The lowest BCUT2D eigenvalue weighted by molar-refractivity contribution is -0.147. The van der Waals surface area contributed by atoms with Crippen molar-refractivity contribution >= 4 is 5.97 Å². The fraction of sp³-hybridized carbons (Fsp3) is 0.786. The Morgan fingerprint density at radius 1 is 1.47 bits per heavy atom. The molecule has 0 aromatic heterocycles. The van der Waals surface area contributed by atoms with E-state index in [2.05, 4.69) is 32.0 Å². The third-order valence-electron chi connectivity index (χ3n) is 4.00. The lowest BCUT2D eigenvalue weighted by atomic mass is 9.67. The van der Waals surface area contributed by atoms with Crippen LogP contribution in [0.25, 0.3) is 0 Å². The molecule has 1 aliphatic carbocycles. The van der Waals surface area contributed by atoms with Crippen LogP contribution in [0.5, 0.6) is 0 Å². The molecular formula is C14H23NO2. The first kappa shape index (κ1) is 14.1. The zero-order valence-electron chi connectivity index (χ0n) is 11.0. The van der Waals surface area contributed by atoms with Crippen LogP contribution in [0.15, 0.2) is 0 Å². The van der Waals surface area contributed by atoms with Gasteiger partial charge in [-0.25, -0.2) is 0 Å². The van der Waals surface area contributed by atoms with E-state index in [9.17, 15) is 9.90 Å². The van der Waals surface area contributed by atoms with Crippen molar-refractivity contribution in [2.75, 3.05) is 6.54 Å². The van der Waals surface area contributed by atoms with Gasteiger partial charge in [0, 0.05) is 0 Å². The van der Waals surface area contributed by atoms with Crippen LogP contribution < -0.4 is 5.32 Å². The molecule has 0 amide bonds. The van der Waals surface area contributed by atoms with Gasteiger partial charge in [-0.1, -0.05) is 26.7 Å². The smallest absolute Gasteiger partial charge is 0.323 e. The van der Waals surface area contributed by atoms with Crippen molar-refractivity contribution in [3.63, 3.8) is 0 Å². The number of nitrogens with one attached hydrogen (secondary N) is 1. The first-order valence-corrected chi connectivity index (χ1v) is 6.24. The number of carboxylic acids is 1. The topological polar surface area (TPSA) is 49.3 Å². The Kier molecular flexibility index (Phi) is 4.21. The molecule has 0 aromatic rings. The Morgan fingerprint density at radius 3 is 2.35 bits per heavy atom. The molecule has 1 saturated carbocycles. The first-order chi connectivity index (χ1) is 7.82. The molecule has 0 heterocycles. The maximum absolute atomic E-state index is 11.4. The van der Waals surface area contributed by atoms with Crippen LogP contribution in [-0.4, -0.2) is 23.2 Å². The lowest BCUT2D eigenvalue weighted by Gasteiger charge is -2.42. The Hall–Kier alpha value is -1.01. The highest BCUT2D eigenvalue weighted by Crippen LogP contribution is 2.41. The SMILES string of the molecule is C#CCNC1(C(=O)O)CCC(C(C)(C)C)CC1. The number of hydrogen-bond donors (Lipinski definition) is 2. The molecule has 0 saturated heterocycles. The third-order valence-corrected chi connectivity index (χ3v) is 4.00. The van der Waals surface area contributed by atoms with E-state index in [0.29, 0.717) is 25.3 Å². The average Bonchev–Trinajstić information content (AvgIpc) is 2.25. The van der Waals surface area contributed by atoms with E-state index < -0.39 is 11.5 Å². The fourth-order valence-electron chi connectivity index (χ4n) is 2.66. The second kappa shape index (κ2) is 5.10. The summed E-state index contributed by atoms with van der Waals surface area (Å²) in [5, 5.41) is 12.4. The average molecular weight is 237 g/mol. The van der Waals surface area contributed by atoms with Gasteiger partial charge in [0.25, 0.3) is 0 Å². The minimum absolute atomic E-state index is 0.261. The molecule has 0 atom stereocenters. The van der Waals surface area contributed by atoms with Crippen molar-refractivity contribution in [2.45, 2.75) is 52.0 Å². The maximum atomic E-state index is 11.4. The van der Waals surface area contributed by atoms with Gasteiger partial charge in [-0.2, -0.15) is 0 Å². The molecule has 0 aromatic carbocycles. The Bertz CT molecular complexity index is 314. The molecule has 1 fully saturated rings. The van der Waals surface area contributed by atoms with Crippen LogP contribution in [0, 0.1) is 23.7 Å². The van der Waals surface area contributed by atoms with E-state index in [1.165, 1.54) is 0 Å². The molecule has 0 unspecified atom stereocenters. The number of aliphatic carboxylic acids is 1. The van der Waals surface area contributed by atoms with Crippen LogP contribution in [0.1, 0.15) is 46.5 Å². The molecule has 1 rings (SSSR count). The van der Waals surface area contributed by atoms with Crippen LogP contribution in [0.2, 0.25) is 0 Å². The number of rotatable bonds is 3. The van der Waals surface area contributed by atoms with E-state index >= 15 is 0 Å². The molecule has 2 N–H and O–H groups in total. The van der Waals surface area contributed by atoms with Gasteiger partial charge in [0.05, 0.1) is 6.54 Å². The highest BCUT2D eigenvalue weighted by molar-refractivity contribution is 5.79. The van der Waals surface area contributed by atoms with E-state index in [0.717, 1.165) is 12.8 Å². The predicted molar refractivity (Wildman–Crippen MR) is 68.6 cm³/mol. The monoisotopic (exact) mass is 237 g/mol. The quantitative estimate of drug-likeness (QED) is 0.740. The molecule has 17 heavy (non-hydrogen) atoms. The molecule has 0 spiro atoms. The van der Waals surface area contributed by atoms with E-state index in [1.54, 1.807) is 0 Å². The third kappa shape index (κ3) is 3.23. The largest absolute Gasteiger partial charge is 0.480 e. The van der Waals surface area contributed by atoms with Crippen molar-refractivity contribution in [1.82, 2.24) is 5.32 Å². The van der Waals surface area contributed by atoms with Gasteiger partial charge in [-0.05, 0) is 37.0 Å². The summed E-state index contributed by atoms with van der Waals surface area (Å²) in [4.78, 5) is 11.4. The summed E-state index contributed by atoms with van der Waals surface area (Å²) in [6.45, 7) is 6.99. The van der Waals surface area contributed by atoms with Crippen molar-refractivity contribution in [1.29, 1.82) is 0 Å². The number of terminal acetylenes is 1. The van der Waals surface area contributed by atoms with Gasteiger partial charge >= 0.3 is 5.97 Å². The van der Waals surface area contributed by atoms with E-state index in [4.69, 9.17) is 6.42 Å². The van der Waals surface area contributed by atoms with Gasteiger partial charge in [-0.15, -0.1) is 6.42 Å². The minimum atomic E-state index is -0.797. The summed E-state index contributed by atoms with van der Waals surface area (Å²) in [6, 6.07) is 0. The Balaban J connectivity index is 2.68. The van der Waals surface area contributed by atoms with Gasteiger partial charge in [-0.3, -0.25) is 10.1 Å². The van der Waals surface area contributed by atoms with Crippen LogP contribution in [0.4, 0.5) is 0 Å². The number of carbonyl (C=O) groups is 1. The van der Waals surface area contributed by atoms with Gasteiger partial charge in [0.1, 0.15) is 5.54 Å². The van der Waals surface area contributed by atoms with E-state index in [-0.39, 0.29) is 5.41 Å². The zero-order chi connectivity index (χ0) is 13.1. The highest BCUT2D eigenvalue weighted by Gasteiger charge is 2.43. The zero-order valence-corrected chi connectivity index (χ0v) is 11.0. The normalized spacial score (nSPS) is 29.6. The van der Waals surface area contributed by atoms with Crippen molar-refractivity contribution < 1.29 is 9.90 Å². The standard InChI is InChI=1S/C14H23NO2/c1-5-10-15-14(12(16)17)8-6-11(7-9-14)13(2,3)4/h1,11,15H,6-10H2,2-4H3,(H,16,17).